The zero-order chi connectivity index (χ0) is 12.3. The van der Waals surface area contributed by atoms with Crippen LogP contribution in [0.3, 0.4) is 0 Å². The Bertz CT molecular complexity index is 458. The van der Waals surface area contributed by atoms with Gasteiger partial charge in [-0.05, 0) is 18.1 Å². The molecule has 1 N–H and O–H groups in total. The molecule has 0 unspecified atom stereocenters. The molecular weight excluding hydrogens is 233 g/mol. The van der Waals surface area contributed by atoms with Gasteiger partial charge in [0.15, 0.2) is 0 Å². The first kappa shape index (κ1) is 11.7. The summed E-state index contributed by atoms with van der Waals surface area (Å²) in [6.45, 7) is 0.539. The molecule has 0 spiro atoms. The highest BCUT2D eigenvalue weighted by Crippen LogP contribution is 2.22. The van der Waals surface area contributed by atoms with E-state index in [1.165, 1.54) is 6.20 Å². The van der Waals surface area contributed by atoms with Gasteiger partial charge in [0, 0.05) is 24.6 Å². The highest BCUT2D eigenvalue weighted by Gasteiger charge is 2.29. The van der Waals surface area contributed by atoms with Gasteiger partial charge in [-0.15, -0.1) is 0 Å². The molecule has 0 saturated carbocycles. The molecule has 0 aromatic carbocycles. The van der Waals surface area contributed by atoms with Crippen LogP contribution in [0.15, 0.2) is 24.7 Å². The second-order valence-electron chi connectivity index (χ2n) is 3.68. The molecule has 2 aromatic heterocycles. The lowest BCUT2D eigenvalue weighted by Gasteiger charge is -2.06. The predicted octanol–water partition coefficient (Wildman–Crippen LogP) is 1.95. The number of aromatic nitrogens is 4. The van der Waals surface area contributed by atoms with Gasteiger partial charge in [0.25, 0.3) is 0 Å². The zero-order valence-corrected chi connectivity index (χ0v) is 8.91. The molecule has 0 bridgehead atoms. The Morgan fingerprint density at radius 2 is 2.18 bits per heavy atom. The number of alkyl halides is 3. The molecule has 0 fully saturated rings. The number of halogens is 3. The van der Waals surface area contributed by atoms with Crippen molar-refractivity contribution in [2.24, 2.45) is 0 Å². The highest BCUT2D eigenvalue weighted by molar-refractivity contribution is 5.17. The van der Waals surface area contributed by atoms with Crippen LogP contribution in [-0.2, 0) is 19.4 Å². The summed E-state index contributed by atoms with van der Waals surface area (Å²) in [6.07, 6.45) is 0.123. The van der Waals surface area contributed by atoms with Crippen LogP contribution in [0.2, 0.25) is 0 Å². The van der Waals surface area contributed by atoms with Crippen LogP contribution in [0.4, 0.5) is 13.2 Å². The van der Waals surface area contributed by atoms with Gasteiger partial charge < -0.3 is 0 Å². The standard InChI is InChI=1S/C10H11F3N4/c11-10(12,13)6-9-8(7-14-16-9)2-5-17-4-1-3-15-17/h1,3-4,7H,2,5-6H2,(H,14,16). The summed E-state index contributed by atoms with van der Waals surface area (Å²) in [4.78, 5) is 0. The second-order valence-corrected chi connectivity index (χ2v) is 3.68. The monoisotopic (exact) mass is 244 g/mol. The molecule has 0 atom stereocenters. The molecule has 2 rings (SSSR count). The topological polar surface area (TPSA) is 46.5 Å². The maximum absolute atomic E-state index is 12.2. The molecule has 0 amide bonds. The highest BCUT2D eigenvalue weighted by atomic mass is 19.4. The van der Waals surface area contributed by atoms with E-state index in [4.69, 9.17) is 0 Å². The average Bonchev–Trinajstić information content (AvgIpc) is 2.83. The van der Waals surface area contributed by atoms with Gasteiger partial charge in [-0.2, -0.15) is 23.4 Å². The SMILES string of the molecule is FC(F)(F)Cc1[nH]ncc1CCn1cccn1. The fourth-order valence-corrected chi connectivity index (χ4v) is 1.57. The van der Waals surface area contributed by atoms with Gasteiger partial charge in [-0.1, -0.05) is 0 Å². The Morgan fingerprint density at radius 3 is 2.82 bits per heavy atom. The maximum Gasteiger partial charge on any atom is 0.394 e. The van der Waals surface area contributed by atoms with Gasteiger partial charge in [0.1, 0.15) is 0 Å². The molecule has 0 aliphatic heterocycles. The number of hydrogen-bond donors (Lipinski definition) is 1. The van der Waals surface area contributed by atoms with E-state index in [1.807, 2.05) is 0 Å². The Morgan fingerprint density at radius 1 is 1.35 bits per heavy atom. The summed E-state index contributed by atoms with van der Waals surface area (Å²) >= 11 is 0. The van der Waals surface area contributed by atoms with Crippen LogP contribution in [0.1, 0.15) is 11.3 Å². The van der Waals surface area contributed by atoms with E-state index in [-0.39, 0.29) is 5.69 Å². The molecule has 0 radical (unpaired) electrons. The third-order valence-corrected chi connectivity index (χ3v) is 2.35. The van der Waals surface area contributed by atoms with Crippen molar-refractivity contribution in [1.29, 1.82) is 0 Å². The van der Waals surface area contributed by atoms with Gasteiger partial charge in [0.05, 0.1) is 12.6 Å². The van der Waals surface area contributed by atoms with E-state index in [9.17, 15) is 13.2 Å². The normalized spacial score (nSPS) is 11.9. The van der Waals surface area contributed by atoms with E-state index in [1.54, 1.807) is 23.1 Å². The van der Waals surface area contributed by atoms with Crippen molar-refractivity contribution in [2.75, 3.05) is 0 Å². The first-order valence-corrected chi connectivity index (χ1v) is 5.10. The fraction of sp³-hybridized carbons (Fsp3) is 0.400. The molecule has 7 heteroatoms. The molecular formula is C10H11F3N4. The number of rotatable bonds is 4. The summed E-state index contributed by atoms with van der Waals surface area (Å²) in [5.74, 6) is 0. The fourth-order valence-electron chi connectivity index (χ4n) is 1.57. The third-order valence-electron chi connectivity index (χ3n) is 2.35. The van der Waals surface area contributed by atoms with Crippen LogP contribution in [0.5, 0.6) is 0 Å². The first-order chi connectivity index (χ1) is 8.04. The van der Waals surface area contributed by atoms with Crippen LogP contribution in [-0.4, -0.2) is 26.2 Å². The quantitative estimate of drug-likeness (QED) is 0.893. The number of nitrogens with zero attached hydrogens (tertiary/aromatic N) is 3. The molecule has 0 aliphatic rings. The van der Waals surface area contributed by atoms with Gasteiger partial charge in [-0.25, -0.2) is 0 Å². The number of H-pyrrole nitrogens is 1. The Balaban J connectivity index is 1.99. The van der Waals surface area contributed by atoms with Crippen molar-refractivity contribution >= 4 is 0 Å². The smallest absolute Gasteiger partial charge is 0.282 e. The number of hydrogen-bond acceptors (Lipinski definition) is 2. The van der Waals surface area contributed by atoms with Crippen LogP contribution < -0.4 is 0 Å². The molecule has 2 heterocycles. The number of aromatic amines is 1. The predicted molar refractivity (Wildman–Crippen MR) is 54.3 cm³/mol. The lowest BCUT2D eigenvalue weighted by molar-refractivity contribution is -0.127. The van der Waals surface area contributed by atoms with Gasteiger partial charge >= 0.3 is 6.18 Å². The Hall–Kier alpha value is -1.79. The maximum atomic E-state index is 12.2. The summed E-state index contributed by atoms with van der Waals surface area (Å²) < 4.78 is 38.4. The molecule has 2 aromatic rings. The van der Waals surface area contributed by atoms with Gasteiger partial charge in [-0.3, -0.25) is 9.78 Å². The zero-order valence-electron chi connectivity index (χ0n) is 8.91. The number of nitrogens with one attached hydrogen (secondary N) is 1. The molecule has 0 saturated heterocycles. The molecule has 0 aliphatic carbocycles. The average molecular weight is 244 g/mol. The van der Waals surface area contributed by atoms with Crippen molar-refractivity contribution in [2.45, 2.75) is 25.6 Å². The largest absolute Gasteiger partial charge is 0.394 e. The summed E-state index contributed by atoms with van der Waals surface area (Å²) in [5, 5.41) is 10.0. The van der Waals surface area contributed by atoms with Crippen molar-refractivity contribution in [3.8, 4) is 0 Å². The summed E-state index contributed by atoms with van der Waals surface area (Å²) in [7, 11) is 0. The third kappa shape index (κ3) is 3.33. The minimum atomic E-state index is -4.22. The number of aryl methyl sites for hydroxylation is 2. The van der Waals surface area contributed by atoms with E-state index >= 15 is 0 Å². The Labute approximate surface area is 95.4 Å². The second kappa shape index (κ2) is 4.60. The minimum Gasteiger partial charge on any atom is -0.282 e. The van der Waals surface area contributed by atoms with Crippen molar-refractivity contribution < 1.29 is 13.2 Å². The van der Waals surface area contributed by atoms with Crippen molar-refractivity contribution in [3.05, 3.63) is 35.9 Å². The Kier molecular flexibility index (Phi) is 3.16. The van der Waals surface area contributed by atoms with E-state index in [0.717, 1.165) is 0 Å². The molecule has 17 heavy (non-hydrogen) atoms. The van der Waals surface area contributed by atoms with Crippen LogP contribution in [0.25, 0.3) is 0 Å². The summed E-state index contributed by atoms with van der Waals surface area (Å²) in [5.41, 5.74) is 0.711. The van der Waals surface area contributed by atoms with Gasteiger partial charge in [0.2, 0.25) is 0 Å². The van der Waals surface area contributed by atoms with Crippen molar-refractivity contribution in [3.63, 3.8) is 0 Å². The lowest BCUT2D eigenvalue weighted by atomic mass is 10.1. The van der Waals surface area contributed by atoms with Crippen LogP contribution in [0, 0.1) is 0 Å². The van der Waals surface area contributed by atoms with E-state index < -0.39 is 12.6 Å². The minimum absolute atomic E-state index is 0.129. The molecule has 4 nitrogen and oxygen atoms in total. The van der Waals surface area contributed by atoms with E-state index in [2.05, 4.69) is 15.3 Å². The van der Waals surface area contributed by atoms with E-state index in [0.29, 0.717) is 18.5 Å². The summed E-state index contributed by atoms with van der Waals surface area (Å²) in [6, 6.07) is 1.77. The molecule has 92 valence electrons. The van der Waals surface area contributed by atoms with Crippen molar-refractivity contribution in [1.82, 2.24) is 20.0 Å². The lowest BCUT2D eigenvalue weighted by Crippen LogP contribution is -2.14. The van der Waals surface area contributed by atoms with Crippen LogP contribution >= 0.6 is 0 Å². The first-order valence-electron chi connectivity index (χ1n) is 5.10.